The number of ether oxygens (including phenoxy) is 4. The summed E-state index contributed by atoms with van der Waals surface area (Å²) in [5.41, 5.74) is 9.69. The summed E-state index contributed by atoms with van der Waals surface area (Å²) in [5.74, 6) is 2.19. The predicted molar refractivity (Wildman–Crippen MR) is 116 cm³/mol. The van der Waals surface area contributed by atoms with Gasteiger partial charge in [-0.1, -0.05) is 0 Å². The summed E-state index contributed by atoms with van der Waals surface area (Å²) in [5, 5.41) is 4.23. The van der Waals surface area contributed by atoms with Gasteiger partial charge in [-0.2, -0.15) is 0 Å². The number of aromatic nitrogens is 1. The second-order valence-corrected chi connectivity index (χ2v) is 7.83. The SMILES string of the molecule is CON=C(c1cc(OC)c(OC)c(OC)c1)c1nc(-c2ccc(OC)c(N)c2)c[se]1. The van der Waals surface area contributed by atoms with Gasteiger partial charge in [-0.3, -0.25) is 0 Å². The van der Waals surface area contributed by atoms with Crippen molar-refractivity contribution in [3.63, 3.8) is 0 Å². The number of oxime groups is 1. The Labute approximate surface area is 180 Å². The van der Waals surface area contributed by atoms with Crippen molar-refractivity contribution in [2.45, 2.75) is 0 Å². The summed E-state index contributed by atoms with van der Waals surface area (Å²) in [6.07, 6.45) is 0. The van der Waals surface area contributed by atoms with Crippen LogP contribution in [-0.2, 0) is 4.84 Å². The average Bonchev–Trinajstić information content (AvgIpc) is 3.26. The second-order valence-electron chi connectivity index (χ2n) is 6.03. The summed E-state index contributed by atoms with van der Waals surface area (Å²) >= 11 is -0.0538. The molecule has 0 unspecified atom stereocenters. The van der Waals surface area contributed by atoms with E-state index < -0.39 is 0 Å². The molecule has 8 nitrogen and oxygen atoms in total. The molecule has 30 heavy (non-hydrogen) atoms. The Kier molecular flexibility index (Phi) is 6.87. The first-order valence-electron chi connectivity index (χ1n) is 8.87. The first kappa shape index (κ1) is 21.5. The normalized spacial score (nSPS) is 11.2. The predicted octanol–water partition coefficient (Wildman–Crippen LogP) is 2.82. The summed E-state index contributed by atoms with van der Waals surface area (Å²) in [6, 6.07) is 9.24. The van der Waals surface area contributed by atoms with Crippen LogP contribution in [0.3, 0.4) is 0 Å². The Morgan fingerprint density at radius 2 is 1.57 bits per heavy atom. The minimum atomic E-state index is -0.0538. The summed E-state index contributed by atoms with van der Waals surface area (Å²) in [6.45, 7) is 0. The van der Waals surface area contributed by atoms with E-state index in [1.165, 1.54) is 7.11 Å². The number of benzene rings is 2. The molecule has 2 aromatic carbocycles. The Morgan fingerprint density at radius 3 is 2.10 bits per heavy atom. The van der Waals surface area contributed by atoms with Crippen molar-refractivity contribution < 1.29 is 23.8 Å². The van der Waals surface area contributed by atoms with Gasteiger partial charge in [0, 0.05) is 0 Å². The van der Waals surface area contributed by atoms with Crippen molar-refractivity contribution in [2.24, 2.45) is 5.16 Å². The Balaban J connectivity index is 2.05. The molecule has 3 aromatic rings. The van der Waals surface area contributed by atoms with Crippen LogP contribution in [0.4, 0.5) is 5.69 Å². The zero-order valence-electron chi connectivity index (χ0n) is 17.4. The van der Waals surface area contributed by atoms with E-state index in [0.29, 0.717) is 34.4 Å². The van der Waals surface area contributed by atoms with E-state index in [1.807, 2.05) is 30.3 Å². The molecular weight excluding hydrogens is 453 g/mol. The third kappa shape index (κ3) is 4.22. The zero-order chi connectivity index (χ0) is 21.7. The van der Waals surface area contributed by atoms with Crippen molar-refractivity contribution in [1.29, 1.82) is 0 Å². The van der Waals surface area contributed by atoms with Crippen LogP contribution in [0.2, 0.25) is 0 Å². The van der Waals surface area contributed by atoms with Crippen LogP contribution in [0.15, 0.2) is 40.4 Å². The Hall–Kier alpha value is -3.16. The molecule has 0 spiro atoms. The van der Waals surface area contributed by atoms with E-state index in [2.05, 4.69) is 10.1 Å². The van der Waals surface area contributed by atoms with Gasteiger partial charge in [0.05, 0.1) is 0 Å². The molecule has 1 aromatic heterocycles. The number of anilines is 1. The minimum absolute atomic E-state index is 0.0538. The topological polar surface area (TPSA) is 97.4 Å². The number of methoxy groups -OCH3 is 4. The summed E-state index contributed by atoms with van der Waals surface area (Å²) in [4.78, 5) is 12.0. The van der Waals surface area contributed by atoms with Crippen LogP contribution in [0.25, 0.3) is 11.3 Å². The molecule has 158 valence electrons. The van der Waals surface area contributed by atoms with E-state index in [-0.39, 0.29) is 14.5 Å². The van der Waals surface area contributed by atoms with Crippen molar-refractivity contribution in [1.82, 2.24) is 4.98 Å². The monoisotopic (exact) mass is 477 g/mol. The van der Waals surface area contributed by atoms with Crippen molar-refractivity contribution in [2.75, 3.05) is 41.3 Å². The number of nitrogen functional groups attached to an aromatic ring is 1. The number of nitrogens with zero attached hydrogens (tertiary/aromatic N) is 2. The quantitative estimate of drug-likeness (QED) is 0.231. The maximum atomic E-state index is 6.04. The van der Waals surface area contributed by atoms with Gasteiger partial charge in [0.2, 0.25) is 0 Å². The van der Waals surface area contributed by atoms with Crippen molar-refractivity contribution in [3.05, 3.63) is 45.4 Å². The van der Waals surface area contributed by atoms with Crippen LogP contribution in [0.5, 0.6) is 23.0 Å². The van der Waals surface area contributed by atoms with Crippen LogP contribution in [0.1, 0.15) is 10.1 Å². The second kappa shape index (κ2) is 9.56. The molecule has 0 aliphatic carbocycles. The molecule has 0 atom stereocenters. The molecule has 0 radical (unpaired) electrons. The molecule has 0 aliphatic rings. The number of nitrogens with two attached hydrogens (primary N) is 1. The molecule has 0 fully saturated rings. The maximum absolute atomic E-state index is 6.04. The molecule has 1 heterocycles. The van der Waals surface area contributed by atoms with Crippen LogP contribution in [-0.4, -0.2) is 60.7 Å². The fourth-order valence-electron chi connectivity index (χ4n) is 2.93. The fourth-order valence-corrected chi connectivity index (χ4v) is 4.67. The van der Waals surface area contributed by atoms with Gasteiger partial charge < -0.3 is 0 Å². The zero-order valence-corrected chi connectivity index (χ0v) is 19.1. The third-order valence-corrected chi connectivity index (χ3v) is 6.13. The molecule has 2 N–H and O–H groups in total. The van der Waals surface area contributed by atoms with E-state index in [0.717, 1.165) is 21.4 Å². The van der Waals surface area contributed by atoms with Gasteiger partial charge >= 0.3 is 181 Å². The molecule has 0 bridgehead atoms. The average molecular weight is 476 g/mol. The summed E-state index contributed by atoms with van der Waals surface area (Å²) < 4.78 is 22.4. The van der Waals surface area contributed by atoms with Gasteiger partial charge in [0.25, 0.3) is 0 Å². The first-order chi connectivity index (χ1) is 14.6. The van der Waals surface area contributed by atoms with Gasteiger partial charge in [-0.25, -0.2) is 0 Å². The molecule has 9 heteroatoms. The van der Waals surface area contributed by atoms with Crippen LogP contribution >= 0.6 is 0 Å². The Bertz CT molecular complexity index is 1040. The molecule has 0 saturated heterocycles. The number of hydrogen-bond acceptors (Lipinski definition) is 8. The molecule has 0 aliphatic heterocycles. The Morgan fingerprint density at radius 1 is 0.900 bits per heavy atom. The standard InChI is InChI=1S/C21H23N3O5Se/c1-25-16-7-6-12(8-14(16)22)15-11-30-21(23-15)19(24-29-5)13-9-17(26-2)20(28-4)18(10-13)27-3/h6-11H,22H2,1-5H3. The van der Waals surface area contributed by atoms with E-state index in [9.17, 15) is 0 Å². The van der Waals surface area contributed by atoms with Crippen molar-refractivity contribution >= 4 is 25.9 Å². The van der Waals surface area contributed by atoms with Gasteiger partial charge in [-0.15, -0.1) is 0 Å². The van der Waals surface area contributed by atoms with Gasteiger partial charge in [-0.05, 0) is 0 Å². The molecule has 3 rings (SSSR count). The summed E-state index contributed by atoms with van der Waals surface area (Å²) in [7, 11) is 7.78. The van der Waals surface area contributed by atoms with Crippen LogP contribution < -0.4 is 24.7 Å². The van der Waals surface area contributed by atoms with Crippen molar-refractivity contribution in [3.8, 4) is 34.3 Å². The van der Waals surface area contributed by atoms with Gasteiger partial charge in [0.1, 0.15) is 0 Å². The van der Waals surface area contributed by atoms with E-state index in [1.54, 1.807) is 28.4 Å². The fraction of sp³-hybridized carbons (Fsp3) is 0.238. The third-order valence-electron chi connectivity index (χ3n) is 4.35. The number of rotatable bonds is 8. The van der Waals surface area contributed by atoms with Gasteiger partial charge in [0.15, 0.2) is 0 Å². The molecule has 0 saturated carbocycles. The number of hydrogen-bond donors (Lipinski definition) is 1. The first-order valence-corrected chi connectivity index (χ1v) is 10.7. The molecule has 0 amide bonds. The van der Waals surface area contributed by atoms with E-state index in [4.69, 9.17) is 34.5 Å². The van der Waals surface area contributed by atoms with E-state index >= 15 is 0 Å². The van der Waals surface area contributed by atoms with Crippen LogP contribution in [0, 0.1) is 0 Å². The molecular formula is C21H23N3O5Se.